The van der Waals surface area contributed by atoms with E-state index in [1.54, 1.807) is 44.5 Å². The van der Waals surface area contributed by atoms with Crippen molar-refractivity contribution in [2.75, 3.05) is 7.11 Å². The third-order valence-corrected chi connectivity index (χ3v) is 3.03. The molecule has 0 fully saturated rings. The van der Waals surface area contributed by atoms with E-state index < -0.39 is 6.10 Å². The number of aliphatic hydroxyl groups excluding tert-OH is 1. The Morgan fingerprint density at radius 1 is 1.37 bits per heavy atom. The fourth-order valence-corrected chi connectivity index (χ4v) is 2.07. The Bertz CT molecular complexity index is 575. The Hall–Kier alpha value is -1.65. The van der Waals surface area contributed by atoms with Crippen LogP contribution in [0.25, 0.3) is 0 Å². The lowest BCUT2D eigenvalue weighted by Gasteiger charge is -2.13. The van der Waals surface area contributed by atoms with Crippen LogP contribution < -0.4 is 4.74 Å². The zero-order valence-electron chi connectivity index (χ0n) is 10.8. The zero-order valence-corrected chi connectivity index (χ0v) is 11.6. The van der Waals surface area contributed by atoms with Gasteiger partial charge in [-0.05, 0) is 36.8 Å². The fraction of sp³-hybridized carbons (Fsp3) is 0.286. The summed E-state index contributed by atoms with van der Waals surface area (Å²) < 4.78 is 5.26. The van der Waals surface area contributed by atoms with Crippen LogP contribution in [-0.4, -0.2) is 22.2 Å². The number of aromatic nitrogens is 2. The summed E-state index contributed by atoms with van der Waals surface area (Å²) in [6, 6.07) is 7.03. The third kappa shape index (κ3) is 3.43. The lowest BCUT2D eigenvalue weighted by Crippen LogP contribution is -2.06. The van der Waals surface area contributed by atoms with Gasteiger partial charge in [0.25, 0.3) is 0 Å². The highest BCUT2D eigenvalue weighted by Crippen LogP contribution is 2.27. The average Bonchev–Trinajstić information content (AvgIpc) is 2.39. The topological polar surface area (TPSA) is 55.2 Å². The minimum atomic E-state index is -0.714. The van der Waals surface area contributed by atoms with Gasteiger partial charge in [-0.3, -0.25) is 0 Å². The van der Waals surface area contributed by atoms with Crippen molar-refractivity contribution < 1.29 is 9.84 Å². The monoisotopic (exact) mass is 278 g/mol. The summed E-state index contributed by atoms with van der Waals surface area (Å²) in [5.74, 6) is 1.34. The number of halogens is 1. The molecule has 0 amide bonds. The van der Waals surface area contributed by atoms with Gasteiger partial charge in [-0.1, -0.05) is 11.6 Å². The molecular formula is C14H15ClN2O2. The van der Waals surface area contributed by atoms with Crippen molar-refractivity contribution in [2.45, 2.75) is 19.4 Å². The van der Waals surface area contributed by atoms with Gasteiger partial charge in [0.2, 0.25) is 0 Å². The molecule has 2 rings (SSSR count). The Kier molecular flexibility index (Phi) is 4.35. The van der Waals surface area contributed by atoms with E-state index >= 15 is 0 Å². The third-order valence-electron chi connectivity index (χ3n) is 2.79. The van der Waals surface area contributed by atoms with Crippen molar-refractivity contribution in [2.24, 2.45) is 0 Å². The molecule has 0 aliphatic heterocycles. The molecule has 0 aliphatic rings. The Labute approximate surface area is 117 Å². The first-order chi connectivity index (χ1) is 9.10. The zero-order chi connectivity index (χ0) is 13.8. The van der Waals surface area contributed by atoms with Crippen molar-refractivity contribution in [1.82, 2.24) is 9.97 Å². The summed E-state index contributed by atoms with van der Waals surface area (Å²) in [6.45, 7) is 1.79. The molecule has 1 aromatic carbocycles. The van der Waals surface area contributed by atoms with Gasteiger partial charge in [0.15, 0.2) is 0 Å². The van der Waals surface area contributed by atoms with E-state index in [0.717, 1.165) is 5.56 Å². The number of ether oxygens (including phenoxy) is 1. The first kappa shape index (κ1) is 13.8. The van der Waals surface area contributed by atoms with Gasteiger partial charge >= 0.3 is 0 Å². The molecule has 1 unspecified atom stereocenters. The highest BCUT2D eigenvalue weighted by molar-refractivity contribution is 6.30. The molecule has 4 nitrogen and oxygen atoms in total. The number of hydrogen-bond acceptors (Lipinski definition) is 4. The van der Waals surface area contributed by atoms with E-state index in [2.05, 4.69) is 9.97 Å². The van der Waals surface area contributed by atoms with Crippen LogP contribution in [-0.2, 0) is 6.42 Å². The maximum atomic E-state index is 10.2. The van der Waals surface area contributed by atoms with Crippen LogP contribution in [0.5, 0.6) is 5.75 Å². The number of benzene rings is 1. The molecule has 0 saturated carbocycles. The summed E-state index contributed by atoms with van der Waals surface area (Å²) in [5.41, 5.74) is 1.44. The maximum absolute atomic E-state index is 10.2. The highest BCUT2D eigenvalue weighted by Gasteiger charge is 2.14. The molecule has 1 atom stereocenters. The van der Waals surface area contributed by atoms with Crippen LogP contribution in [0.1, 0.15) is 23.2 Å². The minimum absolute atomic E-state index is 0.389. The van der Waals surface area contributed by atoms with E-state index in [1.165, 1.54) is 0 Å². The number of hydrogen-bond donors (Lipinski definition) is 1. The second kappa shape index (κ2) is 5.99. The van der Waals surface area contributed by atoms with Gasteiger partial charge in [0.05, 0.1) is 12.8 Å². The summed E-state index contributed by atoms with van der Waals surface area (Å²) in [6.07, 6.45) is 1.31. The fourth-order valence-electron chi connectivity index (χ4n) is 1.88. The van der Waals surface area contributed by atoms with Crippen molar-refractivity contribution in [1.29, 1.82) is 0 Å². The Morgan fingerprint density at radius 2 is 2.16 bits per heavy atom. The predicted molar refractivity (Wildman–Crippen MR) is 73.4 cm³/mol. The molecule has 19 heavy (non-hydrogen) atoms. The van der Waals surface area contributed by atoms with Gasteiger partial charge < -0.3 is 9.84 Å². The number of rotatable bonds is 4. The van der Waals surface area contributed by atoms with Gasteiger partial charge in [-0.25, -0.2) is 9.97 Å². The van der Waals surface area contributed by atoms with Crippen molar-refractivity contribution in [3.63, 3.8) is 0 Å². The normalized spacial score (nSPS) is 12.2. The van der Waals surface area contributed by atoms with Crippen LogP contribution in [0, 0.1) is 6.92 Å². The lowest BCUT2D eigenvalue weighted by molar-refractivity contribution is 0.172. The SMILES string of the molecule is COc1ccc(Cl)cc1CC(O)c1ccnc(C)n1. The molecule has 1 heterocycles. The molecule has 5 heteroatoms. The molecule has 0 aliphatic carbocycles. The van der Waals surface area contributed by atoms with Crippen molar-refractivity contribution in [3.05, 3.63) is 52.6 Å². The van der Waals surface area contributed by atoms with Crippen LogP contribution >= 0.6 is 11.6 Å². The first-order valence-corrected chi connectivity index (χ1v) is 6.28. The largest absolute Gasteiger partial charge is 0.496 e. The highest BCUT2D eigenvalue weighted by atomic mass is 35.5. The molecule has 0 spiro atoms. The molecule has 2 aromatic rings. The molecular weight excluding hydrogens is 264 g/mol. The maximum Gasteiger partial charge on any atom is 0.125 e. The van der Waals surface area contributed by atoms with Crippen LogP contribution in [0.15, 0.2) is 30.5 Å². The Morgan fingerprint density at radius 3 is 2.84 bits per heavy atom. The van der Waals surface area contributed by atoms with Crippen LogP contribution in [0.2, 0.25) is 5.02 Å². The van der Waals surface area contributed by atoms with E-state index in [1.807, 2.05) is 0 Å². The standard InChI is InChI=1S/C14H15ClN2O2/c1-9-16-6-5-12(17-9)13(18)8-10-7-11(15)3-4-14(10)19-2/h3-7,13,18H,8H2,1-2H3. The quantitative estimate of drug-likeness (QED) is 0.934. The van der Waals surface area contributed by atoms with Gasteiger partial charge in [0, 0.05) is 17.6 Å². The minimum Gasteiger partial charge on any atom is -0.496 e. The smallest absolute Gasteiger partial charge is 0.125 e. The van der Waals surface area contributed by atoms with E-state index in [9.17, 15) is 5.11 Å². The van der Waals surface area contributed by atoms with E-state index in [0.29, 0.717) is 28.7 Å². The summed E-state index contributed by atoms with van der Waals surface area (Å²) in [4.78, 5) is 8.22. The number of methoxy groups -OCH3 is 1. The second-order valence-electron chi connectivity index (χ2n) is 4.20. The first-order valence-electron chi connectivity index (χ1n) is 5.90. The molecule has 1 N–H and O–H groups in total. The molecule has 0 radical (unpaired) electrons. The number of nitrogens with zero attached hydrogens (tertiary/aromatic N) is 2. The van der Waals surface area contributed by atoms with Gasteiger partial charge in [-0.2, -0.15) is 0 Å². The van der Waals surface area contributed by atoms with Crippen molar-refractivity contribution in [3.8, 4) is 5.75 Å². The van der Waals surface area contributed by atoms with Gasteiger partial charge in [0.1, 0.15) is 17.7 Å². The summed E-state index contributed by atoms with van der Waals surface area (Å²) in [7, 11) is 1.59. The molecule has 0 saturated heterocycles. The molecule has 0 bridgehead atoms. The molecule has 100 valence electrons. The van der Waals surface area contributed by atoms with E-state index in [-0.39, 0.29) is 0 Å². The van der Waals surface area contributed by atoms with Crippen molar-refractivity contribution >= 4 is 11.6 Å². The van der Waals surface area contributed by atoms with Gasteiger partial charge in [-0.15, -0.1) is 0 Å². The van der Waals surface area contributed by atoms with Crippen LogP contribution in [0.3, 0.4) is 0 Å². The number of aryl methyl sites for hydroxylation is 1. The van der Waals surface area contributed by atoms with Crippen LogP contribution in [0.4, 0.5) is 0 Å². The lowest BCUT2D eigenvalue weighted by atomic mass is 10.0. The average molecular weight is 279 g/mol. The summed E-state index contributed by atoms with van der Waals surface area (Å²) >= 11 is 5.97. The number of aliphatic hydroxyl groups is 1. The Balaban J connectivity index is 2.23. The predicted octanol–water partition coefficient (Wildman–Crippen LogP) is 2.72. The van der Waals surface area contributed by atoms with E-state index in [4.69, 9.17) is 16.3 Å². The molecule has 1 aromatic heterocycles. The second-order valence-corrected chi connectivity index (χ2v) is 4.64. The summed E-state index contributed by atoms with van der Waals surface area (Å²) in [5, 5.41) is 10.8.